The smallest absolute Gasteiger partial charge is 0.343 e. The van der Waals surface area contributed by atoms with Crippen LogP contribution < -0.4 is 5.32 Å². The summed E-state index contributed by atoms with van der Waals surface area (Å²) >= 11 is 0. The molecule has 1 rings (SSSR count). The number of hydrogen-bond donors (Lipinski definition) is 2. The van der Waals surface area contributed by atoms with Crippen LogP contribution in [0, 0.1) is 17.5 Å². The summed E-state index contributed by atoms with van der Waals surface area (Å²) in [6, 6.07) is 0.793. The average molecular weight is 331 g/mol. The Balaban J connectivity index is 3.15. The summed E-state index contributed by atoms with van der Waals surface area (Å²) in [5, 5.41) is 11.2. The molecule has 0 fully saturated rings. The zero-order chi connectivity index (χ0) is 17.4. The minimum Gasteiger partial charge on any atom is -0.462 e. The molecule has 0 saturated carbocycles. The maximum absolute atomic E-state index is 13.7. The molecule has 0 aliphatic carbocycles. The van der Waals surface area contributed by atoms with E-state index < -0.39 is 40.3 Å². The van der Waals surface area contributed by atoms with E-state index in [0.717, 1.165) is 6.20 Å². The van der Waals surface area contributed by atoms with Crippen LogP contribution in [0.4, 0.5) is 13.2 Å². The molecule has 0 spiro atoms. The van der Waals surface area contributed by atoms with E-state index in [1.54, 1.807) is 0 Å². The Morgan fingerprint density at radius 3 is 2.61 bits per heavy atom. The summed E-state index contributed by atoms with van der Waals surface area (Å²) in [6.45, 7) is 1.57. The molecular weight excluding hydrogens is 315 g/mol. The van der Waals surface area contributed by atoms with Crippen molar-refractivity contribution in [2.75, 3.05) is 19.8 Å². The molecule has 0 radical (unpaired) electrons. The molecule has 0 atom stereocenters. The number of esters is 1. The second-order valence-corrected chi connectivity index (χ2v) is 4.39. The first-order valence-electron chi connectivity index (χ1n) is 6.83. The third-order valence-corrected chi connectivity index (χ3v) is 2.70. The molecule has 2 N–H and O–H groups in total. The van der Waals surface area contributed by atoms with Crippen LogP contribution >= 0.6 is 0 Å². The number of carbonyl (C=O) groups is 2. The van der Waals surface area contributed by atoms with Crippen molar-refractivity contribution in [3.05, 3.63) is 46.9 Å². The molecule has 0 bridgehead atoms. The molecule has 0 aliphatic heterocycles. The third kappa shape index (κ3) is 5.10. The van der Waals surface area contributed by atoms with Gasteiger partial charge in [0.25, 0.3) is 0 Å². The van der Waals surface area contributed by atoms with Crippen LogP contribution in [0.2, 0.25) is 0 Å². The maximum atomic E-state index is 13.7. The highest BCUT2D eigenvalue weighted by Crippen LogP contribution is 2.18. The van der Waals surface area contributed by atoms with E-state index in [-0.39, 0.29) is 19.8 Å². The molecule has 1 aromatic carbocycles. The lowest BCUT2D eigenvalue weighted by molar-refractivity contribution is -0.138. The summed E-state index contributed by atoms with van der Waals surface area (Å²) < 4.78 is 44.8. The van der Waals surface area contributed by atoms with Crippen molar-refractivity contribution >= 4 is 11.8 Å². The summed E-state index contributed by atoms with van der Waals surface area (Å²) in [5.41, 5.74) is -1.51. The average Bonchev–Trinajstić information content (AvgIpc) is 2.50. The first-order chi connectivity index (χ1) is 10.9. The van der Waals surface area contributed by atoms with Crippen molar-refractivity contribution in [1.82, 2.24) is 5.32 Å². The Bertz CT molecular complexity index is 617. The SMILES string of the molecule is CCOC(=O)/C(=C/NCCCO)C(=O)c1cc(F)cc(F)c1F. The number of ether oxygens (including phenoxy) is 1. The number of Topliss-reactive ketones (excluding diaryl/α,β-unsaturated/α-hetero) is 1. The summed E-state index contributed by atoms with van der Waals surface area (Å²) in [4.78, 5) is 24.0. The second-order valence-electron chi connectivity index (χ2n) is 4.39. The molecule has 0 aliphatic rings. The topological polar surface area (TPSA) is 75.6 Å². The number of aliphatic hydroxyl groups excluding tert-OH is 1. The summed E-state index contributed by atoms with van der Waals surface area (Å²) in [5.74, 6) is -6.51. The molecule has 126 valence electrons. The predicted octanol–water partition coefficient (Wildman–Crippen LogP) is 1.71. The van der Waals surface area contributed by atoms with Gasteiger partial charge in [-0.2, -0.15) is 0 Å². The normalized spacial score (nSPS) is 11.3. The Hall–Kier alpha value is -2.35. The van der Waals surface area contributed by atoms with Crippen molar-refractivity contribution in [3.8, 4) is 0 Å². The van der Waals surface area contributed by atoms with Gasteiger partial charge in [-0.15, -0.1) is 0 Å². The van der Waals surface area contributed by atoms with Crippen molar-refractivity contribution in [2.45, 2.75) is 13.3 Å². The first kappa shape index (κ1) is 18.7. The quantitative estimate of drug-likeness (QED) is 0.144. The van der Waals surface area contributed by atoms with E-state index in [4.69, 9.17) is 5.11 Å². The lowest BCUT2D eigenvalue weighted by Crippen LogP contribution is -2.21. The van der Waals surface area contributed by atoms with Gasteiger partial charge < -0.3 is 15.2 Å². The van der Waals surface area contributed by atoms with Crippen LogP contribution in [-0.2, 0) is 9.53 Å². The standard InChI is InChI=1S/C15H16F3NO4/c1-2-23-15(22)11(8-19-4-3-5-20)14(21)10-6-9(16)7-12(17)13(10)18/h6-8,19-20H,2-5H2,1H3/b11-8+. The van der Waals surface area contributed by atoms with E-state index in [2.05, 4.69) is 10.1 Å². The first-order valence-corrected chi connectivity index (χ1v) is 6.83. The van der Waals surface area contributed by atoms with Crippen LogP contribution in [0.1, 0.15) is 23.7 Å². The van der Waals surface area contributed by atoms with Gasteiger partial charge in [-0.1, -0.05) is 0 Å². The fourth-order valence-electron chi connectivity index (χ4n) is 1.65. The Morgan fingerprint density at radius 2 is 2.00 bits per heavy atom. The van der Waals surface area contributed by atoms with Gasteiger partial charge in [-0.25, -0.2) is 18.0 Å². The van der Waals surface area contributed by atoms with Gasteiger partial charge in [-0.05, 0) is 19.4 Å². The number of carbonyl (C=O) groups excluding carboxylic acids is 2. The molecule has 0 heterocycles. The number of benzene rings is 1. The van der Waals surface area contributed by atoms with Crippen molar-refractivity contribution < 1.29 is 32.6 Å². The second kappa shape index (κ2) is 8.94. The van der Waals surface area contributed by atoms with E-state index in [1.807, 2.05) is 0 Å². The van der Waals surface area contributed by atoms with Crippen LogP contribution in [-0.4, -0.2) is 36.6 Å². The van der Waals surface area contributed by atoms with Crippen molar-refractivity contribution in [1.29, 1.82) is 0 Å². The monoisotopic (exact) mass is 331 g/mol. The highest BCUT2D eigenvalue weighted by molar-refractivity contribution is 6.24. The van der Waals surface area contributed by atoms with E-state index >= 15 is 0 Å². The fraction of sp³-hybridized carbons (Fsp3) is 0.333. The van der Waals surface area contributed by atoms with E-state index in [0.29, 0.717) is 18.6 Å². The largest absolute Gasteiger partial charge is 0.462 e. The number of rotatable bonds is 8. The molecule has 1 aromatic rings. The number of hydrogen-bond acceptors (Lipinski definition) is 5. The molecule has 0 unspecified atom stereocenters. The fourth-order valence-corrected chi connectivity index (χ4v) is 1.65. The van der Waals surface area contributed by atoms with Crippen molar-refractivity contribution in [3.63, 3.8) is 0 Å². The Labute approximate surface area is 130 Å². The number of aliphatic hydroxyl groups is 1. The van der Waals surface area contributed by atoms with E-state index in [9.17, 15) is 22.8 Å². The van der Waals surface area contributed by atoms with Crippen LogP contribution in [0.5, 0.6) is 0 Å². The number of ketones is 1. The molecule has 23 heavy (non-hydrogen) atoms. The van der Waals surface area contributed by atoms with Gasteiger partial charge >= 0.3 is 5.97 Å². The third-order valence-electron chi connectivity index (χ3n) is 2.70. The lowest BCUT2D eigenvalue weighted by Gasteiger charge is -2.09. The Kier molecular flexibility index (Phi) is 7.27. The molecular formula is C15H16F3NO4. The number of nitrogens with one attached hydrogen (secondary N) is 1. The van der Waals surface area contributed by atoms with Gasteiger partial charge in [0, 0.05) is 25.4 Å². The maximum Gasteiger partial charge on any atom is 0.343 e. The summed E-state index contributed by atoms with van der Waals surface area (Å²) in [7, 11) is 0. The molecule has 8 heteroatoms. The highest BCUT2D eigenvalue weighted by Gasteiger charge is 2.26. The van der Waals surface area contributed by atoms with Crippen LogP contribution in [0.3, 0.4) is 0 Å². The molecule has 0 aromatic heterocycles. The van der Waals surface area contributed by atoms with E-state index in [1.165, 1.54) is 6.92 Å². The van der Waals surface area contributed by atoms with Gasteiger partial charge in [0.15, 0.2) is 11.6 Å². The Morgan fingerprint density at radius 1 is 1.30 bits per heavy atom. The zero-order valence-electron chi connectivity index (χ0n) is 12.4. The minimum atomic E-state index is -1.55. The van der Waals surface area contributed by atoms with Crippen LogP contribution in [0.25, 0.3) is 0 Å². The highest BCUT2D eigenvalue weighted by atomic mass is 19.2. The van der Waals surface area contributed by atoms with Crippen LogP contribution in [0.15, 0.2) is 23.9 Å². The minimum absolute atomic E-state index is 0.0416. The molecule has 0 amide bonds. The summed E-state index contributed by atoms with van der Waals surface area (Å²) in [6.07, 6.45) is 1.31. The van der Waals surface area contributed by atoms with Gasteiger partial charge in [-0.3, -0.25) is 4.79 Å². The van der Waals surface area contributed by atoms with Gasteiger partial charge in [0.05, 0.1) is 12.2 Å². The number of halogens is 3. The predicted molar refractivity (Wildman–Crippen MR) is 75.1 cm³/mol. The van der Waals surface area contributed by atoms with Crippen molar-refractivity contribution in [2.24, 2.45) is 0 Å². The molecule has 0 saturated heterocycles. The van der Waals surface area contributed by atoms with Gasteiger partial charge in [0.2, 0.25) is 5.78 Å². The van der Waals surface area contributed by atoms with Gasteiger partial charge in [0.1, 0.15) is 11.4 Å². The molecule has 5 nitrogen and oxygen atoms in total. The zero-order valence-corrected chi connectivity index (χ0v) is 12.4. The lowest BCUT2D eigenvalue weighted by atomic mass is 10.0.